The molecule has 0 N–H and O–H groups in total. The van der Waals surface area contributed by atoms with E-state index >= 15 is 0 Å². The molecule has 0 saturated carbocycles. The summed E-state index contributed by atoms with van der Waals surface area (Å²) in [6, 6.07) is 104. The molecule has 4 aliphatic rings. The Kier molecular flexibility index (Phi) is 10.5. The van der Waals surface area contributed by atoms with E-state index in [1.165, 1.54) is 166 Å². The maximum atomic E-state index is 2.55. The van der Waals surface area contributed by atoms with E-state index < -0.39 is 0 Å². The molecule has 4 aliphatic carbocycles. The van der Waals surface area contributed by atoms with Crippen molar-refractivity contribution >= 4 is 54.6 Å². The van der Waals surface area contributed by atoms with Crippen molar-refractivity contribution in [1.82, 2.24) is 0 Å². The lowest BCUT2D eigenvalue weighted by Crippen LogP contribution is -2.18. The summed E-state index contributed by atoms with van der Waals surface area (Å²) in [6.07, 6.45) is 10.2. The van der Waals surface area contributed by atoms with Crippen LogP contribution >= 0.6 is 0 Å². The zero-order chi connectivity index (χ0) is 53.8. The number of rotatable bonds is 8. The maximum absolute atomic E-state index is 2.55. The van der Waals surface area contributed by atoms with E-state index in [0.29, 0.717) is 0 Å². The third kappa shape index (κ3) is 7.18. The van der Waals surface area contributed by atoms with Crippen molar-refractivity contribution < 1.29 is 0 Å². The predicted octanol–water partition coefficient (Wildman–Crippen LogP) is 22.0. The fraction of sp³-hybridized carbons (Fsp3) is 0.0244. The second-order valence-corrected chi connectivity index (χ2v) is 22.5. The third-order valence-electron chi connectivity index (χ3n) is 18.1. The zero-order valence-corrected chi connectivity index (χ0v) is 45.0. The van der Waals surface area contributed by atoms with Gasteiger partial charge in [0.05, 0.1) is 0 Å². The normalized spacial score (nSPS) is 15.4. The molecular formula is C82H52. The Bertz CT molecular complexity index is 4480. The van der Waals surface area contributed by atoms with Gasteiger partial charge >= 0.3 is 0 Å². The molecule has 0 amide bonds. The Labute approximate surface area is 478 Å². The second-order valence-electron chi connectivity index (χ2n) is 22.5. The van der Waals surface area contributed by atoms with E-state index in [1.807, 2.05) is 0 Å². The van der Waals surface area contributed by atoms with Crippen LogP contribution in [0.1, 0.15) is 22.3 Å². The minimum absolute atomic E-state index is 0.0583. The number of allylic oxidation sites excluding steroid dienone is 8. The van der Waals surface area contributed by atoms with Gasteiger partial charge in [0.2, 0.25) is 0 Å². The predicted molar refractivity (Wildman–Crippen MR) is 348 cm³/mol. The zero-order valence-electron chi connectivity index (χ0n) is 45.0. The SMILES string of the molecule is C1=C2c3c(c(-c4cc(-c5ccccc5)cc(-c5ccccc5)c4)c4ccccc4c3-c3cc(-c4ccccc4)cc(-c4ccccc4)c3)C3=CC=C4c5c(c(-c6ccccc6)c6cc7ccccc7cc6c5-c5ccccc5)C(=C1)C4C23. The summed E-state index contributed by atoms with van der Waals surface area (Å²) in [4.78, 5) is 0. The van der Waals surface area contributed by atoms with Gasteiger partial charge in [0.25, 0.3) is 0 Å². The maximum Gasteiger partial charge on any atom is 0.0212 e. The van der Waals surface area contributed by atoms with Crippen LogP contribution in [0.25, 0.3) is 144 Å². The van der Waals surface area contributed by atoms with Gasteiger partial charge in [0.1, 0.15) is 0 Å². The van der Waals surface area contributed by atoms with Crippen LogP contribution in [0.5, 0.6) is 0 Å². The standard InChI is InChI=1S/C82H52/c1-7-23-51(24-8-1)59-43-60(52-25-9-2-10-26-52)46-63(45-59)75-65-37-21-22-38-66(65)76(64-47-61(53-27-11-3-12-28-53)44-62(48-64)54-29-13-4-14-30-54)82-70-42-40-68-77-67(39-41-69(78(70)77)81(75)82)79-73(55-31-15-5-16-32-55)71-49-57-35-19-20-36-58(57)50-72(71)74(80(68)79)56-33-17-6-18-34-56/h1-50,77-78H. The lowest BCUT2D eigenvalue weighted by Gasteiger charge is -2.31. The molecule has 0 aromatic heterocycles. The largest absolute Gasteiger partial charge is 0.0622 e. The molecule has 380 valence electrons. The summed E-state index contributed by atoms with van der Waals surface area (Å²) in [5.74, 6) is 0.136. The molecule has 13 aromatic rings. The number of hydrogen-bond donors (Lipinski definition) is 0. The van der Waals surface area contributed by atoms with E-state index in [4.69, 9.17) is 0 Å². The van der Waals surface area contributed by atoms with Crippen LogP contribution in [-0.4, -0.2) is 0 Å². The molecule has 0 atom stereocenters. The average Bonchev–Trinajstić information content (AvgIpc) is 2.77. The highest BCUT2D eigenvalue weighted by atomic mass is 14.5. The van der Waals surface area contributed by atoms with E-state index in [1.54, 1.807) is 0 Å². The number of benzene rings is 13. The van der Waals surface area contributed by atoms with E-state index in [9.17, 15) is 0 Å². The van der Waals surface area contributed by atoms with Crippen molar-refractivity contribution in [3.63, 3.8) is 0 Å². The van der Waals surface area contributed by atoms with Gasteiger partial charge in [-0.05, 0) is 214 Å². The molecule has 0 unspecified atom stereocenters. The molecule has 0 heterocycles. The first-order valence-corrected chi connectivity index (χ1v) is 28.8. The Balaban J connectivity index is 1.01. The molecule has 13 aromatic carbocycles. The summed E-state index contributed by atoms with van der Waals surface area (Å²) in [5, 5.41) is 7.58. The minimum atomic E-state index is 0.0583. The summed E-state index contributed by atoms with van der Waals surface area (Å²) >= 11 is 0. The number of fused-ring (bicyclic) bond motifs is 9. The Morgan fingerprint density at radius 1 is 0.159 bits per heavy atom. The molecule has 0 nitrogen and oxygen atoms in total. The number of hydrogen-bond acceptors (Lipinski definition) is 0. The molecule has 0 aliphatic heterocycles. The molecule has 82 heavy (non-hydrogen) atoms. The molecule has 0 bridgehead atoms. The van der Waals surface area contributed by atoms with Gasteiger partial charge in [-0.2, -0.15) is 0 Å². The van der Waals surface area contributed by atoms with Crippen molar-refractivity contribution in [1.29, 1.82) is 0 Å². The highest BCUT2D eigenvalue weighted by Gasteiger charge is 2.51. The lowest BCUT2D eigenvalue weighted by molar-refractivity contribution is 0.759. The minimum Gasteiger partial charge on any atom is -0.0622 e. The first-order chi connectivity index (χ1) is 40.7. The lowest BCUT2D eigenvalue weighted by atomic mass is 9.71. The highest BCUT2D eigenvalue weighted by molar-refractivity contribution is 6.25. The van der Waals surface area contributed by atoms with E-state index in [0.717, 1.165) is 0 Å². The molecular weight excluding hydrogens is 985 g/mol. The van der Waals surface area contributed by atoms with Gasteiger partial charge < -0.3 is 0 Å². The fourth-order valence-corrected chi connectivity index (χ4v) is 14.7. The first kappa shape index (κ1) is 46.5. The molecule has 0 saturated heterocycles. The highest BCUT2D eigenvalue weighted by Crippen LogP contribution is 2.69. The van der Waals surface area contributed by atoms with Crippen molar-refractivity contribution in [3.05, 3.63) is 326 Å². The van der Waals surface area contributed by atoms with Gasteiger partial charge in [-0.3, -0.25) is 0 Å². The summed E-state index contributed by atoms with van der Waals surface area (Å²) in [5.41, 5.74) is 30.7. The van der Waals surface area contributed by atoms with Gasteiger partial charge in [-0.1, -0.05) is 255 Å². The Hall–Kier alpha value is -10.4. The van der Waals surface area contributed by atoms with Crippen LogP contribution in [0.2, 0.25) is 0 Å². The van der Waals surface area contributed by atoms with Gasteiger partial charge in [0, 0.05) is 11.8 Å². The average molecular weight is 1040 g/mol. The van der Waals surface area contributed by atoms with Crippen LogP contribution in [0.15, 0.2) is 303 Å². The van der Waals surface area contributed by atoms with Crippen LogP contribution in [-0.2, 0) is 0 Å². The van der Waals surface area contributed by atoms with Crippen molar-refractivity contribution in [3.8, 4) is 89.0 Å². The first-order valence-electron chi connectivity index (χ1n) is 28.8. The van der Waals surface area contributed by atoms with Gasteiger partial charge in [-0.25, -0.2) is 0 Å². The quantitative estimate of drug-likeness (QED) is 0.133. The molecule has 0 fully saturated rings. The smallest absolute Gasteiger partial charge is 0.0212 e. The Morgan fingerprint density at radius 3 is 0.683 bits per heavy atom. The van der Waals surface area contributed by atoms with Crippen molar-refractivity contribution in [2.45, 2.75) is 0 Å². The monoisotopic (exact) mass is 1040 g/mol. The van der Waals surface area contributed by atoms with Crippen LogP contribution in [0, 0.1) is 11.8 Å². The summed E-state index contributed by atoms with van der Waals surface area (Å²) < 4.78 is 0. The molecule has 0 radical (unpaired) electrons. The van der Waals surface area contributed by atoms with Crippen molar-refractivity contribution in [2.75, 3.05) is 0 Å². The second kappa shape index (κ2) is 18.6. The third-order valence-corrected chi connectivity index (χ3v) is 18.1. The van der Waals surface area contributed by atoms with Crippen LogP contribution in [0.3, 0.4) is 0 Å². The summed E-state index contributed by atoms with van der Waals surface area (Å²) in [6.45, 7) is 0. The topological polar surface area (TPSA) is 0 Å². The van der Waals surface area contributed by atoms with E-state index in [2.05, 4.69) is 303 Å². The van der Waals surface area contributed by atoms with Gasteiger partial charge in [-0.15, -0.1) is 0 Å². The fourth-order valence-electron chi connectivity index (χ4n) is 14.7. The van der Waals surface area contributed by atoms with E-state index in [-0.39, 0.29) is 11.8 Å². The molecule has 0 spiro atoms. The van der Waals surface area contributed by atoms with Crippen LogP contribution in [0.4, 0.5) is 0 Å². The molecule has 0 heteroatoms. The van der Waals surface area contributed by atoms with Crippen molar-refractivity contribution in [2.24, 2.45) is 11.8 Å². The Morgan fingerprint density at radius 2 is 0.390 bits per heavy atom. The molecule has 17 rings (SSSR count). The summed E-state index contributed by atoms with van der Waals surface area (Å²) in [7, 11) is 0. The van der Waals surface area contributed by atoms with Crippen LogP contribution < -0.4 is 0 Å². The van der Waals surface area contributed by atoms with Gasteiger partial charge in [0.15, 0.2) is 0 Å².